The highest BCUT2D eigenvalue weighted by molar-refractivity contribution is 8.00. The number of hydrogen-bond acceptors (Lipinski definition) is 3. The van der Waals surface area contributed by atoms with Crippen molar-refractivity contribution in [2.75, 3.05) is 5.75 Å². The molecule has 0 aliphatic rings. The minimum atomic E-state index is -4.56. The highest BCUT2D eigenvalue weighted by Crippen LogP contribution is 2.36. The molecule has 23 heavy (non-hydrogen) atoms. The molecule has 0 saturated carbocycles. The van der Waals surface area contributed by atoms with Crippen LogP contribution >= 0.6 is 23.4 Å². The average molecular weight is 369 g/mol. The Balaban J connectivity index is 2.58. The van der Waals surface area contributed by atoms with Crippen LogP contribution in [0.5, 0.6) is 0 Å². The molecule has 1 atom stereocenters. The number of thioether (sulfide) groups is 1. The Kier molecular flexibility index (Phi) is 7.21. The zero-order valence-corrected chi connectivity index (χ0v) is 14.0. The van der Waals surface area contributed by atoms with Gasteiger partial charge in [0, 0.05) is 10.9 Å². The fraction of sp³-hybridized carbons (Fsp3) is 0.429. The Morgan fingerprint density at radius 2 is 2.00 bits per heavy atom. The number of hydrogen-bond donors (Lipinski definition) is 2. The molecule has 1 aromatic rings. The molecule has 0 heterocycles. The summed E-state index contributed by atoms with van der Waals surface area (Å²) in [5.74, 6) is -0.786. The van der Waals surface area contributed by atoms with Crippen molar-refractivity contribution in [2.24, 2.45) is 0 Å². The first kappa shape index (κ1) is 19.6. The molecule has 1 aromatic carbocycles. The molecule has 0 aromatic heterocycles. The summed E-state index contributed by atoms with van der Waals surface area (Å²) in [5, 5.41) is 4.26. The highest BCUT2D eigenvalue weighted by Gasteiger charge is 2.33. The summed E-state index contributed by atoms with van der Waals surface area (Å²) < 4.78 is 38.2. The zero-order valence-electron chi connectivity index (χ0n) is 12.5. The molecule has 2 N–H and O–H groups in total. The summed E-state index contributed by atoms with van der Waals surface area (Å²) in [6, 6.07) is 2.67. The molecule has 128 valence electrons. The summed E-state index contributed by atoms with van der Waals surface area (Å²) in [4.78, 5) is 23.3. The molecule has 9 heteroatoms. The number of imide groups is 1. The van der Waals surface area contributed by atoms with Gasteiger partial charge in [-0.1, -0.05) is 18.5 Å². The Hall–Kier alpha value is -1.41. The van der Waals surface area contributed by atoms with Gasteiger partial charge in [-0.25, -0.2) is 4.79 Å². The van der Waals surface area contributed by atoms with Gasteiger partial charge in [-0.3, -0.25) is 10.1 Å². The van der Waals surface area contributed by atoms with E-state index in [-0.39, 0.29) is 16.7 Å². The smallest absolute Gasteiger partial charge is 0.335 e. The van der Waals surface area contributed by atoms with Gasteiger partial charge in [0.15, 0.2) is 0 Å². The number of alkyl halides is 3. The lowest BCUT2D eigenvalue weighted by Gasteiger charge is -2.12. The molecule has 0 radical (unpaired) electrons. The Morgan fingerprint density at radius 3 is 2.57 bits per heavy atom. The van der Waals surface area contributed by atoms with Crippen LogP contribution in [-0.4, -0.2) is 23.7 Å². The highest BCUT2D eigenvalue weighted by atomic mass is 35.5. The summed E-state index contributed by atoms with van der Waals surface area (Å²) in [5.41, 5.74) is -0.959. The molecule has 0 aliphatic carbocycles. The molecular formula is C14H16ClF3N2O2S. The maximum Gasteiger partial charge on any atom is 0.417 e. The number of rotatable bonds is 5. The number of carbonyl (C=O) groups excluding carboxylic acids is 2. The van der Waals surface area contributed by atoms with E-state index in [1.54, 1.807) is 6.92 Å². The molecule has 0 fully saturated rings. The Bertz CT molecular complexity index is 582. The predicted octanol–water partition coefficient (Wildman–Crippen LogP) is 4.08. The van der Waals surface area contributed by atoms with Gasteiger partial charge in [-0.15, -0.1) is 11.8 Å². The van der Waals surface area contributed by atoms with Crippen molar-refractivity contribution in [3.8, 4) is 0 Å². The quantitative estimate of drug-likeness (QED) is 0.770. The number of halogens is 4. The third-order valence-electron chi connectivity index (χ3n) is 2.86. The van der Waals surface area contributed by atoms with E-state index in [4.69, 9.17) is 11.6 Å². The minimum Gasteiger partial charge on any atom is -0.335 e. The van der Waals surface area contributed by atoms with Crippen molar-refractivity contribution in [3.05, 3.63) is 28.8 Å². The molecule has 0 unspecified atom stereocenters. The van der Waals surface area contributed by atoms with E-state index in [1.807, 2.05) is 6.92 Å². The molecule has 0 aliphatic heterocycles. The van der Waals surface area contributed by atoms with Gasteiger partial charge in [0.1, 0.15) is 0 Å². The van der Waals surface area contributed by atoms with Crippen LogP contribution in [-0.2, 0) is 11.0 Å². The summed E-state index contributed by atoms with van der Waals surface area (Å²) in [6.45, 7) is 3.66. The van der Waals surface area contributed by atoms with E-state index in [0.29, 0.717) is 6.42 Å². The van der Waals surface area contributed by atoms with E-state index in [0.717, 1.165) is 23.9 Å². The third-order valence-corrected chi connectivity index (χ3v) is 4.18. The predicted molar refractivity (Wildman–Crippen MR) is 83.6 cm³/mol. The number of urea groups is 1. The monoisotopic (exact) mass is 368 g/mol. The fourth-order valence-electron chi connectivity index (χ4n) is 1.48. The molecule has 0 bridgehead atoms. The second kappa shape index (κ2) is 8.44. The maximum absolute atomic E-state index is 12.7. The topological polar surface area (TPSA) is 58.2 Å². The van der Waals surface area contributed by atoms with E-state index in [9.17, 15) is 22.8 Å². The minimum absolute atomic E-state index is 0.0823. The molecule has 3 amide bonds. The maximum atomic E-state index is 12.7. The van der Waals surface area contributed by atoms with Crippen molar-refractivity contribution in [3.63, 3.8) is 0 Å². The van der Waals surface area contributed by atoms with Gasteiger partial charge in [-0.05, 0) is 31.5 Å². The van der Waals surface area contributed by atoms with Gasteiger partial charge in [-0.2, -0.15) is 13.2 Å². The van der Waals surface area contributed by atoms with Crippen LogP contribution in [0.4, 0.5) is 18.0 Å². The fourth-order valence-corrected chi connectivity index (χ4v) is 2.45. The largest absolute Gasteiger partial charge is 0.417 e. The molecule has 0 spiro atoms. The molecule has 0 saturated heterocycles. The molecule has 1 rings (SSSR count). The number of carbonyl (C=O) groups is 2. The van der Waals surface area contributed by atoms with Gasteiger partial charge in [0.05, 0.1) is 16.3 Å². The van der Waals surface area contributed by atoms with E-state index in [2.05, 4.69) is 10.6 Å². The zero-order chi connectivity index (χ0) is 17.6. The summed E-state index contributed by atoms with van der Waals surface area (Å²) >= 11 is 6.40. The molecule has 4 nitrogen and oxygen atoms in total. The van der Waals surface area contributed by atoms with Crippen LogP contribution in [0.3, 0.4) is 0 Å². The molecular weight excluding hydrogens is 353 g/mol. The van der Waals surface area contributed by atoms with Crippen molar-refractivity contribution in [1.82, 2.24) is 10.6 Å². The SMILES string of the molecule is CC[C@@H](C)NC(=O)NC(=O)CSc1ccc(Cl)c(C(F)(F)F)c1. The van der Waals surface area contributed by atoms with Gasteiger partial charge in [0.2, 0.25) is 5.91 Å². The lowest BCUT2D eigenvalue weighted by molar-refractivity contribution is -0.137. The standard InChI is InChI=1S/C14H16ClF3N2O2S/c1-3-8(2)19-13(22)20-12(21)7-23-9-4-5-11(15)10(6-9)14(16,17)18/h4-6,8H,3,7H2,1-2H3,(H2,19,20,21,22)/t8-/m1/s1. The van der Waals surface area contributed by atoms with E-state index >= 15 is 0 Å². The van der Waals surface area contributed by atoms with E-state index < -0.39 is 28.7 Å². The van der Waals surface area contributed by atoms with Crippen molar-refractivity contribution in [1.29, 1.82) is 0 Å². The summed E-state index contributed by atoms with van der Waals surface area (Å²) in [7, 11) is 0. The van der Waals surface area contributed by atoms with Crippen molar-refractivity contribution >= 4 is 35.3 Å². The first-order chi connectivity index (χ1) is 10.6. The average Bonchev–Trinajstić information content (AvgIpc) is 2.44. The van der Waals surface area contributed by atoms with Gasteiger partial charge in [0.25, 0.3) is 0 Å². The number of benzene rings is 1. The van der Waals surface area contributed by atoms with Gasteiger partial charge >= 0.3 is 12.2 Å². The van der Waals surface area contributed by atoms with Crippen molar-refractivity contribution < 1.29 is 22.8 Å². The van der Waals surface area contributed by atoms with Gasteiger partial charge < -0.3 is 5.32 Å². The third kappa shape index (κ3) is 6.70. The van der Waals surface area contributed by atoms with Crippen LogP contribution in [0.2, 0.25) is 5.02 Å². The van der Waals surface area contributed by atoms with Crippen LogP contribution in [0.15, 0.2) is 23.1 Å². The first-order valence-corrected chi connectivity index (χ1v) is 8.09. The van der Waals surface area contributed by atoms with Crippen LogP contribution in [0.1, 0.15) is 25.8 Å². The number of nitrogens with one attached hydrogen (secondary N) is 2. The Morgan fingerprint density at radius 1 is 1.35 bits per heavy atom. The van der Waals surface area contributed by atoms with Crippen LogP contribution < -0.4 is 10.6 Å². The Labute approximate surface area is 141 Å². The second-order valence-electron chi connectivity index (χ2n) is 4.76. The van der Waals surface area contributed by atoms with E-state index in [1.165, 1.54) is 6.07 Å². The normalized spacial score (nSPS) is 12.6. The van der Waals surface area contributed by atoms with Crippen molar-refractivity contribution in [2.45, 2.75) is 37.4 Å². The summed E-state index contributed by atoms with van der Waals surface area (Å²) in [6.07, 6.45) is -3.85. The van der Waals surface area contributed by atoms with Crippen LogP contribution in [0, 0.1) is 0 Å². The van der Waals surface area contributed by atoms with Crippen LogP contribution in [0.25, 0.3) is 0 Å². The number of amides is 3. The second-order valence-corrected chi connectivity index (χ2v) is 6.21. The lowest BCUT2D eigenvalue weighted by Crippen LogP contribution is -2.43. The first-order valence-electron chi connectivity index (χ1n) is 6.73. The lowest BCUT2D eigenvalue weighted by atomic mass is 10.2.